The standard InChI is InChI=1S/C15H15NO6/c17-12-6-5-8(7-11(12)15(21)22)16-13(18)9-3-1-2-4-10(9)14(19)20/h1-2,5-7,9-10,17H,3-4H2,(H,16,18)(H,19,20)(H,21,22)/p-2/t9-,10-/m1/s1. The van der Waals surface area contributed by atoms with Crippen LogP contribution in [0.5, 0.6) is 5.75 Å². The lowest BCUT2D eigenvalue weighted by Gasteiger charge is -2.28. The van der Waals surface area contributed by atoms with E-state index in [-0.39, 0.29) is 18.5 Å². The van der Waals surface area contributed by atoms with Crippen LogP contribution in [0.3, 0.4) is 0 Å². The highest BCUT2D eigenvalue weighted by Gasteiger charge is 2.29. The molecule has 7 heteroatoms. The highest BCUT2D eigenvalue weighted by atomic mass is 16.4. The second kappa shape index (κ2) is 6.30. The number of aromatic carboxylic acids is 1. The van der Waals surface area contributed by atoms with Crippen molar-refractivity contribution in [3.8, 4) is 5.75 Å². The molecule has 0 spiro atoms. The summed E-state index contributed by atoms with van der Waals surface area (Å²) in [6, 6.07) is 3.37. The molecule has 0 heterocycles. The van der Waals surface area contributed by atoms with Gasteiger partial charge in [0.25, 0.3) is 0 Å². The number of anilines is 1. The van der Waals surface area contributed by atoms with Gasteiger partial charge < -0.3 is 25.4 Å². The van der Waals surface area contributed by atoms with Gasteiger partial charge in [0.2, 0.25) is 5.91 Å². The van der Waals surface area contributed by atoms with Crippen molar-refractivity contribution in [3.63, 3.8) is 0 Å². The first-order valence-electron chi connectivity index (χ1n) is 6.61. The summed E-state index contributed by atoms with van der Waals surface area (Å²) in [6.45, 7) is 0. The average molecular weight is 303 g/mol. The van der Waals surface area contributed by atoms with E-state index in [0.717, 1.165) is 12.1 Å². The first-order valence-corrected chi connectivity index (χ1v) is 6.61. The molecule has 0 aromatic heterocycles. The Kier molecular flexibility index (Phi) is 4.45. The van der Waals surface area contributed by atoms with Crippen LogP contribution < -0.4 is 15.5 Å². The zero-order valence-corrected chi connectivity index (χ0v) is 11.4. The lowest BCUT2D eigenvalue weighted by Crippen LogP contribution is -2.41. The molecule has 22 heavy (non-hydrogen) atoms. The number of rotatable bonds is 4. The van der Waals surface area contributed by atoms with E-state index in [1.54, 1.807) is 12.2 Å². The summed E-state index contributed by atoms with van der Waals surface area (Å²) in [5.41, 5.74) is -0.327. The maximum Gasteiger partial charge on any atom is 0.335 e. The van der Waals surface area contributed by atoms with E-state index in [4.69, 9.17) is 5.11 Å². The van der Waals surface area contributed by atoms with Crippen molar-refractivity contribution < 1.29 is 29.7 Å². The minimum Gasteiger partial charge on any atom is -0.872 e. The summed E-state index contributed by atoms with van der Waals surface area (Å²) in [5, 5.41) is 33.8. The largest absolute Gasteiger partial charge is 0.872 e. The summed E-state index contributed by atoms with van der Waals surface area (Å²) in [5.74, 6) is -5.63. The van der Waals surface area contributed by atoms with Crippen molar-refractivity contribution in [2.24, 2.45) is 11.8 Å². The van der Waals surface area contributed by atoms with Gasteiger partial charge in [-0.1, -0.05) is 24.0 Å². The zero-order valence-electron chi connectivity index (χ0n) is 11.4. The number of hydrogen-bond acceptors (Lipinski definition) is 5. The van der Waals surface area contributed by atoms with Crippen molar-refractivity contribution in [3.05, 3.63) is 35.9 Å². The number of carbonyl (C=O) groups excluding carboxylic acids is 2. The van der Waals surface area contributed by atoms with E-state index in [9.17, 15) is 24.6 Å². The quantitative estimate of drug-likeness (QED) is 0.736. The number of allylic oxidation sites excluding steroid dienone is 2. The SMILES string of the molecule is O=C(O)c1cc(NC(=O)[C@@H]2CC=CC[C@H]2C(=O)[O-])ccc1[O-]. The highest BCUT2D eigenvalue weighted by Crippen LogP contribution is 2.27. The van der Waals surface area contributed by atoms with Gasteiger partial charge in [0.1, 0.15) is 0 Å². The number of hydrogen-bond donors (Lipinski definition) is 2. The fraction of sp³-hybridized carbons (Fsp3) is 0.267. The highest BCUT2D eigenvalue weighted by molar-refractivity contribution is 5.97. The van der Waals surface area contributed by atoms with Gasteiger partial charge in [-0.2, -0.15) is 0 Å². The topological polar surface area (TPSA) is 130 Å². The molecule has 1 aromatic rings. The second-order valence-corrected chi connectivity index (χ2v) is 4.98. The minimum absolute atomic E-state index is 0.133. The van der Waals surface area contributed by atoms with Gasteiger partial charge >= 0.3 is 5.97 Å². The third kappa shape index (κ3) is 3.25. The fourth-order valence-corrected chi connectivity index (χ4v) is 2.37. The van der Waals surface area contributed by atoms with Crippen LogP contribution in [-0.4, -0.2) is 23.0 Å². The van der Waals surface area contributed by atoms with Gasteiger partial charge in [0, 0.05) is 17.6 Å². The van der Waals surface area contributed by atoms with Crippen LogP contribution in [0, 0.1) is 11.8 Å². The Labute approximate surface area is 125 Å². The number of amides is 1. The third-order valence-electron chi connectivity index (χ3n) is 3.55. The monoisotopic (exact) mass is 303 g/mol. The van der Waals surface area contributed by atoms with Crippen molar-refractivity contribution in [1.29, 1.82) is 0 Å². The summed E-state index contributed by atoms with van der Waals surface area (Å²) < 4.78 is 0. The summed E-state index contributed by atoms with van der Waals surface area (Å²) >= 11 is 0. The van der Waals surface area contributed by atoms with Gasteiger partial charge in [-0.25, -0.2) is 4.79 Å². The zero-order chi connectivity index (χ0) is 16.3. The van der Waals surface area contributed by atoms with Gasteiger partial charge in [-0.3, -0.25) is 4.79 Å². The molecule has 0 saturated heterocycles. The molecular formula is C15H13NO6-2. The Balaban J connectivity index is 2.18. The van der Waals surface area contributed by atoms with Crippen LogP contribution >= 0.6 is 0 Å². The second-order valence-electron chi connectivity index (χ2n) is 4.98. The van der Waals surface area contributed by atoms with E-state index in [0.29, 0.717) is 0 Å². The molecule has 0 aliphatic heterocycles. The number of aliphatic carboxylic acids is 1. The summed E-state index contributed by atoms with van der Waals surface area (Å²) in [6.07, 6.45) is 3.86. The molecule has 0 saturated carbocycles. The first-order chi connectivity index (χ1) is 10.4. The molecule has 2 N–H and O–H groups in total. The lowest BCUT2D eigenvalue weighted by molar-refractivity contribution is -0.313. The molecule has 0 bridgehead atoms. The van der Waals surface area contributed by atoms with Gasteiger partial charge in [-0.15, -0.1) is 0 Å². The predicted molar refractivity (Wildman–Crippen MR) is 71.8 cm³/mol. The summed E-state index contributed by atoms with van der Waals surface area (Å²) in [7, 11) is 0. The fourth-order valence-electron chi connectivity index (χ4n) is 2.37. The molecule has 1 aliphatic carbocycles. The number of carboxylic acids is 2. The molecule has 2 atom stereocenters. The predicted octanol–water partition coefficient (Wildman–Crippen LogP) is -0.271. The van der Waals surface area contributed by atoms with Crippen LogP contribution in [0.15, 0.2) is 30.4 Å². The van der Waals surface area contributed by atoms with E-state index < -0.39 is 41.0 Å². The number of carbonyl (C=O) groups is 3. The summed E-state index contributed by atoms with van der Waals surface area (Å²) in [4.78, 5) is 34.1. The maximum atomic E-state index is 12.2. The first kappa shape index (κ1) is 15.6. The molecule has 0 unspecified atom stereocenters. The van der Waals surface area contributed by atoms with Crippen molar-refractivity contribution in [2.75, 3.05) is 5.32 Å². The Hall–Kier alpha value is -2.83. The van der Waals surface area contributed by atoms with E-state index >= 15 is 0 Å². The molecule has 1 aromatic carbocycles. The van der Waals surface area contributed by atoms with Crippen LogP contribution in [0.4, 0.5) is 5.69 Å². The van der Waals surface area contributed by atoms with Crippen molar-refractivity contribution >= 4 is 23.5 Å². The molecule has 0 fully saturated rings. The van der Waals surface area contributed by atoms with E-state index in [1.807, 2.05) is 0 Å². The van der Waals surface area contributed by atoms with Crippen LogP contribution in [-0.2, 0) is 9.59 Å². The maximum absolute atomic E-state index is 12.2. The Morgan fingerprint density at radius 3 is 2.36 bits per heavy atom. The van der Waals surface area contributed by atoms with Gasteiger partial charge in [0.05, 0.1) is 11.5 Å². The molecular weight excluding hydrogens is 290 g/mol. The van der Waals surface area contributed by atoms with Crippen molar-refractivity contribution in [2.45, 2.75) is 12.8 Å². The smallest absolute Gasteiger partial charge is 0.335 e. The Morgan fingerprint density at radius 1 is 1.14 bits per heavy atom. The normalized spacial score (nSPS) is 20.4. The number of carboxylic acid groups (broad SMARTS) is 2. The molecule has 116 valence electrons. The van der Waals surface area contributed by atoms with Gasteiger partial charge in [-0.05, 0) is 25.0 Å². The van der Waals surface area contributed by atoms with Crippen LogP contribution in [0.1, 0.15) is 23.2 Å². The van der Waals surface area contributed by atoms with Crippen molar-refractivity contribution in [1.82, 2.24) is 0 Å². The minimum atomic E-state index is -1.39. The van der Waals surface area contributed by atoms with Gasteiger partial charge in [0.15, 0.2) is 0 Å². The van der Waals surface area contributed by atoms with E-state index in [2.05, 4.69) is 5.32 Å². The molecule has 7 nitrogen and oxygen atoms in total. The molecule has 1 amide bonds. The third-order valence-corrected chi connectivity index (χ3v) is 3.55. The number of benzene rings is 1. The van der Waals surface area contributed by atoms with Crippen LogP contribution in [0.2, 0.25) is 0 Å². The molecule has 1 aliphatic rings. The van der Waals surface area contributed by atoms with E-state index in [1.165, 1.54) is 6.07 Å². The van der Waals surface area contributed by atoms with Crippen LogP contribution in [0.25, 0.3) is 0 Å². The average Bonchev–Trinajstić information content (AvgIpc) is 2.48. The molecule has 2 rings (SSSR count). The lowest BCUT2D eigenvalue weighted by atomic mass is 9.82. The Bertz CT molecular complexity index is 651. The molecule has 0 radical (unpaired) electrons. The Morgan fingerprint density at radius 2 is 1.77 bits per heavy atom. The number of nitrogens with one attached hydrogen (secondary N) is 1.